The zero-order valence-corrected chi connectivity index (χ0v) is 18.7. The van der Waals surface area contributed by atoms with Gasteiger partial charge in [0.2, 0.25) is 23.8 Å². The first kappa shape index (κ1) is 21.9. The molecule has 0 saturated carbocycles. The monoisotopic (exact) mass is 438 g/mol. The van der Waals surface area contributed by atoms with Gasteiger partial charge in [0.05, 0.1) is 18.9 Å². The van der Waals surface area contributed by atoms with Crippen LogP contribution in [0.3, 0.4) is 0 Å². The lowest BCUT2D eigenvalue weighted by Crippen LogP contribution is -2.38. The highest BCUT2D eigenvalue weighted by molar-refractivity contribution is 5.99. The van der Waals surface area contributed by atoms with Crippen LogP contribution in [0.4, 0.5) is 23.5 Å². The number of ether oxygens (including phenoxy) is 1. The van der Waals surface area contributed by atoms with Gasteiger partial charge < -0.3 is 19.9 Å². The Bertz CT molecular complexity index is 915. The number of piperidine rings is 1. The van der Waals surface area contributed by atoms with Gasteiger partial charge in [0.15, 0.2) is 0 Å². The molecule has 1 amide bonds. The number of benzene rings is 1. The Kier molecular flexibility index (Phi) is 7.10. The van der Waals surface area contributed by atoms with E-state index < -0.39 is 0 Å². The Labute approximate surface area is 188 Å². The van der Waals surface area contributed by atoms with Crippen LogP contribution in [0, 0.1) is 0 Å². The maximum atomic E-state index is 11.2. The first-order chi connectivity index (χ1) is 15.6. The number of carbonyl (C=O) groups is 1. The molecule has 32 heavy (non-hydrogen) atoms. The van der Waals surface area contributed by atoms with Gasteiger partial charge >= 0.3 is 0 Å². The molecule has 170 valence electrons. The molecule has 4 rings (SSSR count). The molecule has 3 heterocycles. The maximum absolute atomic E-state index is 11.2. The van der Waals surface area contributed by atoms with E-state index in [4.69, 9.17) is 9.72 Å². The van der Waals surface area contributed by atoms with Crippen LogP contribution in [0.1, 0.15) is 38.7 Å². The first-order valence-corrected chi connectivity index (χ1v) is 11.1. The van der Waals surface area contributed by atoms with Crippen LogP contribution in [0.25, 0.3) is 0 Å². The lowest BCUT2D eigenvalue weighted by Gasteiger charge is -2.30. The highest BCUT2D eigenvalue weighted by atomic mass is 16.5. The average molecular weight is 439 g/mol. The number of nitrogens with one attached hydrogen (secondary N) is 2. The summed E-state index contributed by atoms with van der Waals surface area (Å²) in [5, 5.41) is 7.26. The number of carbonyl (C=O) groups excluding carboxylic acids is 1. The van der Waals surface area contributed by atoms with Crippen molar-refractivity contribution in [3.63, 3.8) is 0 Å². The molecule has 10 nitrogen and oxygen atoms in total. The molecule has 2 aliphatic rings. The standard InChI is InChI=1S/C22H30N8O2/c1-16(18-6-8-19(9-7-18)23-17(2)31)27-28-20-24-21(29-10-4-3-5-11-29)26-22(25-20)30-12-14-32-15-13-30/h6-9H,3-5,10-15H2,1-2H3,(H,23,31)(H,24,25,26,28)/b27-16+. The Balaban J connectivity index is 1.53. The van der Waals surface area contributed by atoms with Gasteiger partial charge in [0.1, 0.15) is 0 Å². The van der Waals surface area contributed by atoms with E-state index in [0.717, 1.165) is 56.0 Å². The molecule has 1 aromatic carbocycles. The van der Waals surface area contributed by atoms with Crippen molar-refractivity contribution in [1.82, 2.24) is 15.0 Å². The van der Waals surface area contributed by atoms with Crippen molar-refractivity contribution in [2.24, 2.45) is 5.10 Å². The lowest BCUT2D eigenvalue weighted by molar-refractivity contribution is -0.114. The van der Waals surface area contributed by atoms with E-state index in [2.05, 4.69) is 35.6 Å². The molecule has 2 fully saturated rings. The Morgan fingerprint density at radius 2 is 1.53 bits per heavy atom. The highest BCUT2D eigenvalue weighted by Crippen LogP contribution is 2.21. The van der Waals surface area contributed by atoms with E-state index in [1.54, 1.807) is 0 Å². The van der Waals surface area contributed by atoms with Gasteiger partial charge in [-0.1, -0.05) is 12.1 Å². The van der Waals surface area contributed by atoms with E-state index in [9.17, 15) is 4.79 Å². The minimum atomic E-state index is -0.0970. The van der Waals surface area contributed by atoms with Crippen molar-refractivity contribution in [2.45, 2.75) is 33.1 Å². The summed E-state index contributed by atoms with van der Waals surface area (Å²) in [5.74, 6) is 1.67. The van der Waals surface area contributed by atoms with E-state index in [0.29, 0.717) is 31.1 Å². The van der Waals surface area contributed by atoms with Crippen molar-refractivity contribution >= 4 is 35.2 Å². The van der Waals surface area contributed by atoms with Crippen molar-refractivity contribution in [3.8, 4) is 0 Å². The number of anilines is 4. The molecule has 0 radical (unpaired) electrons. The number of rotatable bonds is 6. The largest absolute Gasteiger partial charge is 0.378 e. The summed E-state index contributed by atoms with van der Waals surface area (Å²) in [6.45, 7) is 8.15. The minimum absolute atomic E-state index is 0.0970. The maximum Gasteiger partial charge on any atom is 0.250 e. The van der Waals surface area contributed by atoms with Crippen LogP contribution >= 0.6 is 0 Å². The molecule has 2 N–H and O–H groups in total. The highest BCUT2D eigenvalue weighted by Gasteiger charge is 2.20. The third-order valence-electron chi connectivity index (χ3n) is 5.49. The molecule has 0 atom stereocenters. The van der Waals surface area contributed by atoms with Crippen molar-refractivity contribution in [1.29, 1.82) is 0 Å². The molecule has 0 unspecified atom stereocenters. The van der Waals surface area contributed by atoms with Gasteiger partial charge in [0, 0.05) is 38.8 Å². The number of hydrogen-bond acceptors (Lipinski definition) is 9. The molecule has 1 aromatic heterocycles. The number of hydrazone groups is 1. The van der Waals surface area contributed by atoms with Crippen LogP contribution in [0.2, 0.25) is 0 Å². The fraction of sp³-hybridized carbons (Fsp3) is 0.500. The summed E-state index contributed by atoms with van der Waals surface area (Å²) in [6, 6.07) is 7.53. The fourth-order valence-electron chi connectivity index (χ4n) is 3.74. The summed E-state index contributed by atoms with van der Waals surface area (Å²) in [7, 11) is 0. The van der Waals surface area contributed by atoms with Crippen molar-refractivity contribution in [3.05, 3.63) is 29.8 Å². The molecule has 0 spiro atoms. The van der Waals surface area contributed by atoms with Gasteiger partial charge in [-0.25, -0.2) is 5.43 Å². The first-order valence-electron chi connectivity index (χ1n) is 11.1. The van der Waals surface area contributed by atoms with Crippen molar-refractivity contribution < 1.29 is 9.53 Å². The molecule has 0 aliphatic carbocycles. The van der Waals surface area contributed by atoms with Crippen LogP contribution in [-0.4, -0.2) is 66.0 Å². The number of morpholine rings is 1. The van der Waals surface area contributed by atoms with Gasteiger partial charge in [-0.15, -0.1) is 0 Å². The lowest BCUT2D eigenvalue weighted by atomic mass is 10.1. The zero-order valence-electron chi connectivity index (χ0n) is 18.7. The van der Waals surface area contributed by atoms with Crippen LogP contribution in [0.5, 0.6) is 0 Å². The smallest absolute Gasteiger partial charge is 0.250 e. The van der Waals surface area contributed by atoms with E-state index >= 15 is 0 Å². The summed E-state index contributed by atoms with van der Waals surface area (Å²) in [5.41, 5.74) is 5.49. The predicted molar refractivity (Wildman–Crippen MR) is 126 cm³/mol. The number of amides is 1. The Morgan fingerprint density at radius 3 is 2.16 bits per heavy atom. The third kappa shape index (κ3) is 5.70. The second kappa shape index (κ2) is 10.4. The van der Waals surface area contributed by atoms with Gasteiger partial charge in [-0.05, 0) is 43.9 Å². The number of nitrogens with zero attached hydrogens (tertiary/aromatic N) is 6. The number of hydrogen-bond donors (Lipinski definition) is 2. The summed E-state index contributed by atoms with van der Waals surface area (Å²) in [4.78, 5) is 29.6. The molecule has 0 bridgehead atoms. The van der Waals surface area contributed by atoms with Gasteiger partial charge in [-0.3, -0.25) is 4.79 Å². The predicted octanol–water partition coefficient (Wildman–Crippen LogP) is 2.49. The quantitative estimate of drug-likeness (QED) is 0.523. The Hall–Kier alpha value is -3.27. The normalized spacial score (nSPS) is 17.2. The summed E-state index contributed by atoms with van der Waals surface area (Å²) >= 11 is 0. The second-order valence-electron chi connectivity index (χ2n) is 7.97. The van der Waals surface area contributed by atoms with E-state index in [-0.39, 0.29) is 5.91 Å². The second-order valence-corrected chi connectivity index (χ2v) is 7.97. The zero-order chi connectivity index (χ0) is 22.3. The number of aromatic nitrogens is 3. The fourth-order valence-corrected chi connectivity index (χ4v) is 3.74. The molecule has 10 heteroatoms. The van der Waals surface area contributed by atoms with E-state index in [1.165, 1.54) is 13.3 Å². The average Bonchev–Trinajstić information content (AvgIpc) is 2.83. The molecular formula is C22H30N8O2. The minimum Gasteiger partial charge on any atom is -0.378 e. The van der Waals surface area contributed by atoms with Crippen molar-refractivity contribution in [2.75, 3.05) is 59.9 Å². The van der Waals surface area contributed by atoms with Gasteiger partial charge in [-0.2, -0.15) is 20.1 Å². The summed E-state index contributed by atoms with van der Waals surface area (Å²) in [6.07, 6.45) is 3.54. The third-order valence-corrected chi connectivity index (χ3v) is 5.49. The van der Waals surface area contributed by atoms with E-state index in [1.807, 2.05) is 31.2 Å². The SMILES string of the molecule is CC(=O)Nc1ccc(/C(C)=N/Nc2nc(N3CCCCC3)nc(N3CCOCC3)n2)cc1. The molecular weight excluding hydrogens is 408 g/mol. The topological polar surface area (TPSA) is 108 Å². The molecule has 2 aromatic rings. The van der Waals surface area contributed by atoms with Crippen LogP contribution in [-0.2, 0) is 9.53 Å². The summed E-state index contributed by atoms with van der Waals surface area (Å²) < 4.78 is 5.47. The van der Waals surface area contributed by atoms with Gasteiger partial charge in [0.25, 0.3) is 0 Å². The Morgan fingerprint density at radius 1 is 0.906 bits per heavy atom. The van der Waals surface area contributed by atoms with Crippen LogP contribution in [0.15, 0.2) is 29.4 Å². The molecule has 2 aliphatic heterocycles. The van der Waals surface area contributed by atoms with Crippen LogP contribution < -0.4 is 20.5 Å². The molecule has 2 saturated heterocycles.